The maximum atomic E-state index is 5.11. The Bertz CT molecular complexity index is 532. The van der Waals surface area contributed by atoms with Crippen LogP contribution in [0.3, 0.4) is 0 Å². The van der Waals surface area contributed by atoms with E-state index in [0.717, 1.165) is 50.7 Å². The average molecular weight is 272 g/mol. The molecule has 1 fully saturated rings. The van der Waals surface area contributed by atoms with Gasteiger partial charge in [-0.25, -0.2) is 0 Å². The molecule has 3 rings (SSSR count). The summed E-state index contributed by atoms with van der Waals surface area (Å²) in [5.41, 5.74) is 2.37. The van der Waals surface area contributed by atoms with Crippen molar-refractivity contribution in [2.24, 2.45) is 0 Å². The van der Waals surface area contributed by atoms with Crippen LogP contribution < -0.4 is 0 Å². The molecule has 0 radical (unpaired) electrons. The first-order valence-electron chi connectivity index (χ1n) is 7.05. The van der Waals surface area contributed by atoms with Crippen LogP contribution in [0.4, 0.5) is 0 Å². The molecular formula is C15H20N4O. The molecule has 0 N–H and O–H groups in total. The van der Waals surface area contributed by atoms with Crippen molar-refractivity contribution in [2.75, 3.05) is 26.2 Å². The fourth-order valence-electron chi connectivity index (χ4n) is 2.57. The van der Waals surface area contributed by atoms with Crippen LogP contribution in [0.25, 0.3) is 0 Å². The minimum atomic E-state index is 0.885. The van der Waals surface area contributed by atoms with Crippen molar-refractivity contribution in [3.8, 4) is 0 Å². The van der Waals surface area contributed by atoms with Gasteiger partial charge in [-0.05, 0) is 24.6 Å². The van der Waals surface area contributed by atoms with E-state index in [1.54, 1.807) is 0 Å². The smallest absolute Gasteiger partial charge is 0.133 e. The van der Waals surface area contributed by atoms with E-state index in [2.05, 4.69) is 32.1 Å². The van der Waals surface area contributed by atoms with E-state index < -0.39 is 0 Å². The fourth-order valence-corrected chi connectivity index (χ4v) is 2.57. The number of piperazine rings is 1. The Morgan fingerprint density at radius 1 is 1.05 bits per heavy atom. The summed E-state index contributed by atoms with van der Waals surface area (Å²) in [6.07, 6.45) is 3.72. The van der Waals surface area contributed by atoms with Gasteiger partial charge in [-0.3, -0.25) is 14.8 Å². The summed E-state index contributed by atoms with van der Waals surface area (Å²) in [4.78, 5) is 8.97. The Morgan fingerprint density at radius 2 is 1.70 bits per heavy atom. The van der Waals surface area contributed by atoms with Gasteiger partial charge < -0.3 is 4.52 Å². The highest BCUT2D eigenvalue weighted by Crippen LogP contribution is 2.11. The van der Waals surface area contributed by atoms with Crippen molar-refractivity contribution in [2.45, 2.75) is 20.0 Å². The standard InChI is InChI=1S/C15H20N4O/c1-13-10-15(17-20-13)12-19-8-6-18(7-9-19)11-14-2-4-16-5-3-14/h2-5,10H,6-9,11-12H2,1H3. The SMILES string of the molecule is Cc1cc(CN2CCN(Cc3ccncc3)CC2)no1. The van der Waals surface area contributed by atoms with Gasteiger partial charge in [0.1, 0.15) is 5.76 Å². The molecule has 5 heteroatoms. The Morgan fingerprint density at radius 3 is 2.30 bits per heavy atom. The highest BCUT2D eigenvalue weighted by molar-refractivity contribution is 5.09. The molecular weight excluding hydrogens is 252 g/mol. The van der Waals surface area contributed by atoms with Gasteiger partial charge in [0.15, 0.2) is 0 Å². The molecule has 0 amide bonds. The first kappa shape index (κ1) is 13.3. The molecule has 106 valence electrons. The van der Waals surface area contributed by atoms with Crippen molar-refractivity contribution in [1.82, 2.24) is 19.9 Å². The number of nitrogens with zero attached hydrogens (tertiary/aromatic N) is 4. The van der Waals surface area contributed by atoms with E-state index in [9.17, 15) is 0 Å². The summed E-state index contributed by atoms with van der Waals surface area (Å²) in [6, 6.07) is 6.19. The fraction of sp³-hybridized carbons (Fsp3) is 0.467. The molecule has 0 bridgehead atoms. The van der Waals surface area contributed by atoms with Crippen LogP contribution in [0, 0.1) is 6.92 Å². The van der Waals surface area contributed by atoms with Crippen molar-refractivity contribution in [3.05, 3.63) is 47.6 Å². The zero-order valence-corrected chi connectivity index (χ0v) is 11.8. The van der Waals surface area contributed by atoms with Crippen molar-refractivity contribution >= 4 is 0 Å². The van der Waals surface area contributed by atoms with E-state index >= 15 is 0 Å². The topological polar surface area (TPSA) is 45.4 Å². The lowest BCUT2D eigenvalue weighted by atomic mass is 10.2. The first-order valence-corrected chi connectivity index (χ1v) is 7.05. The van der Waals surface area contributed by atoms with Gasteiger partial charge in [-0.2, -0.15) is 0 Å². The van der Waals surface area contributed by atoms with Crippen LogP contribution in [0.1, 0.15) is 17.0 Å². The van der Waals surface area contributed by atoms with Crippen LogP contribution in [0.2, 0.25) is 0 Å². The maximum Gasteiger partial charge on any atom is 0.133 e. The number of rotatable bonds is 4. The monoisotopic (exact) mass is 272 g/mol. The van der Waals surface area contributed by atoms with Gasteiger partial charge in [0.05, 0.1) is 5.69 Å². The molecule has 0 unspecified atom stereocenters. The highest BCUT2D eigenvalue weighted by Gasteiger charge is 2.18. The molecule has 0 aromatic carbocycles. The summed E-state index contributed by atoms with van der Waals surface area (Å²) >= 11 is 0. The molecule has 5 nitrogen and oxygen atoms in total. The van der Waals surface area contributed by atoms with Gasteiger partial charge in [-0.1, -0.05) is 5.16 Å². The van der Waals surface area contributed by atoms with Crippen LogP contribution >= 0.6 is 0 Å². The molecule has 0 spiro atoms. The molecule has 1 aliphatic rings. The maximum absolute atomic E-state index is 5.11. The predicted octanol–water partition coefficient (Wildman–Crippen LogP) is 1.70. The zero-order chi connectivity index (χ0) is 13.8. The number of aryl methyl sites for hydroxylation is 1. The molecule has 1 saturated heterocycles. The molecule has 3 heterocycles. The number of hydrogen-bond acceptors (Lipinski definition) is 5. The summed E-state index contributed by atoms with van der Waals surface area (Å²) in [6.45, 7) is 8.19. The van der Waals surface area contributed by atoms with Gasteiger partial charge in [0.25, 0.3) is 0 Å². The van der Waals surface area contributed by atoms with E-state index in [4.69, 9.17) is 4.52 Å². The lowest BCUT2D eigenvalue weighted by molar-refractivity contribution is 0.120. The van der Waals surface area contributed by atoms with Crippen LogP contribution in [-0.4, -0.2) is 46.1 Å². The second-order valence-electron chi connectivity index (χ2n) is 5.34. The number of pyridine rings is 1. The zero-order valence-electron chi connectivity index (χ0n) is 11.8. The summed E-state index contributed by atoms with van der Waals surface area (Å²) in [5.74, 6) is 0.885. The van der Waals surface area contributed by atoms with Crippen molar-refractivity contribution in [1.29, 1.82) is 0 Å². The molecule has 2 aromatic rings. The van der Waals surface area contributed by atoms with E-state index in [1.165, 1.54) is 5.56 Å². The normalized spacial score (nSPS) is 17.4. The third kappa shape index (κ3) is 3.43. The van der Waals surface area contributed by atoms with Gasteiger partial charge in [0, 0.05) is 57.7 Å². The molecule has 0 saturated carbocycles. The first-order chi connectivity index (χ1) is 9.79. The molecule has 0 atom stereocenters. The summed E-state index contributed by atoms with van der Waals surface area (Å²) in [7, 11) is 0. The van der Waals surface area contributed by atoms with Crippen molar-refractivity contribution in [3.63, 3.8) is 0 Å². The Labute approximate surface area is 119 Å². The number of aromatic nitrogens is 2. The molecule has 2 aromatic heterocycles. The second-order valence-corrected chi connectivity index (χ2v) is 5.34. The summed E-state index contributed by atoms with van der Waals surface area (Å²) in [5, 5.41) is 4.06. The third-order valence-electron chi connectivity index (χ3n) is 3.68. The third-order valence-corrected chi connectivity index (χ3v) is 3.68. The van der Waals surface area contributed by atoms with Gasteiger partial charge >= 0.3 is 0 Å². The van der Waals surface area contributed by atoms with E-state index in [1.807, 2.05) is 25.4 Å². The van der Waals surface area contributed by atoms with Crippen LogP contribution in [0.5, 0.6) is 0 Å². The van der Waals surface area contributed by atoms with Crippen molar-refractivity contribution < 1.29 is 4.52 Å². The highest BCUT2D eigenvalue weighted by atomic mass is 16.5. The predicted molar refractivity (Wildman–Crippen MR) is 76.0 cm³/mol. The summed E-state index contributed by atoms with van der Waals surface area (Å²) < 4.78 is 5.11. The lowest BCUT2D eigenvalue weighted by Gasteiger charge is -2.34. The van der Waals surface area contributed by atoms with E-state index in [0.29, 0.717) is 0 Å². The Hall–Kier alpha value is -1.72. The lowest BCUT2D eigenvalue weighted by Crippen LogP contribution is -2.45. The van der Waals surface area contributed by atoms with Gasteiger partial charge in [-0.15, -0.1) is 0 Å². The Kier molecular flexibility index (Phi) is 4.08. The van der Waals surface area contributed by atoms with E-state index in [-0.39, 0.29) is 0 Å². The second kappa shape index (κ2) is 6.15. The molecule has 20 heavy (non-hydrogen) atoms. The average Bonchev–Trinajstić information content (AvgIpc) is 2.88. The largest absolute Gasteiger partial charge is 0.361 e. The molecule has 1 aliphatic heterocycles. The molecule has 0 aliphatic carbocycles. The van der Waals surface area contributed by atoms with Crippen LogP contribution in [0.15, 0.2) is 35.1 Å². The Balaban J connectivity index is 1.47. The quantitative estimate of drug-likeness (QED) is 0.847. The van der Waals surface area contributed by atoms with Crippen LogP contribution in [-0.2, 0) is 13.1 Å². The van der Waals surface area contributed by atoms with Gasteiger partial charge in [0.2, 0.25) is 0 Å². The minimum Gasteiger partial charge on any atom is -0.361 e. The number of hydrogen-bond donors (Lipinski definition) is 0. The minimum absolute atomic E-state index is 0.885.